The van der Waals surface area contributed by atoms with Crippen molar-refractivity contribution in [1.82, 2.24) is 5.32 Å². The molecule has 1 aromatic carbocycles. The lowest BCUT2D eigenvalue weighted by Gasteiger charge is -2.08. The van der Waals surface area contributed by atoms with E-state index >= 15 is 0 Å². The fourth-order valence-corrected chi connectivity index (χ4v) is 1.24. The fourth-order valence-electron chi connectivity index (χ4n) is 1.24. The van der Waals surface area contributed by atoms with E-state index in [-0.39, 0.29) is 24.4 Å². The van der Waals surface area contributed by atoms with Gasteiger partial charge in [-0.15, -0.1) is 0 Å². The minimum absolute atomic E-state index is 0.00822. The third-order valence-corrected chi connectivity index (χ3v) is 2.22. The van der Waals surface area contributed by atoms with Crippen LogP contribution in [-0.2, 0) is 11.2 Å². The van der Waals surface area contributed by atoms with Crippen LogP contribution in [0.25, 0.3) is 0 Å². The van der Waals surface area contributed by atoms with Gasteiger partial charge >= 0.3 is 0 Å². The van der Waals surface area contributed by atoms with Crippen LogP contribution in [0.5, 0.6) is 0 Å². The predicted octanol–water partition coefficient (Wildman–Crippen LogP) is 1.11. The zero-order chi connectivity index (χ0) is 13.0. The van der Waals surface area contributed by atoms with Gasteiger partial charge in [-0.25, -0.2) is 13.2 Å². The molecule has 0 fully saturated rings. The Morgan fingerprint density at radius 3 is 2.59 bits per heavy atom. The first-order chi connectivity index (χ1) is 7.93. The van der Waals surface area contributed by atoms with Gasteiger partial charge in [0.1, 0.15) is 0 Å². The number of carbonyl (C=O) groups is 1. The second kappa shape index (κ2) is 5.67. The van der Waals surface area contributed by atoms with Crippen molar-refractivity contribution in [3.05, 3.63) is 35.1 Å². The molecule has 17 heavy (non-hydrogen) atoms. The Hall–Kier alpha value is -1.56. The molecule has 0 aliphatic heterocycles. The second-order valence-corrected chi connectivity index (χ2v) is 3.66. The monoisotopic (exact) mass is 246 g/mol. The van der Waals surface area contributed by atoms with Crippen molar-refractivity contribution >= 4 is 5.91 Å². The van der Waals surface area contributed by atoms with Crippen molar-refractivity contribution in [2.24, 2.45) is 5.73 Å². The van der Waals surface area contributed by atoms with E-state index < -0.39 is 23.5 Å². The molecular formula is C11H13F3N2O. The maximum absolute atomic E-state index is 13.2. The number of nitrogens with two attached hydrogens (primary N) is 1. The largest absolute Gasteiger partial charge is 0.354 e. The van der Waals surface area contributed by atoms with Crippen molar-refractivity contribution in [2.45, 2.75) is 19.4 Å². The Morgan fingerprint density at radius 2 is 2.00 bits per heavy atom. The van der Waals surface area contributed by atoms with Crippen LogP contribution in [0.4, 0.5) is 13.2 Å². The topological polar surface area (TPSA) is 55.1 Å². The summed E-state index contributed by atoms with van der Waals surface area (Å²) in [4.78, 5) is 11.1. The minimum Gasteiger partial charge on any atom is -0.354 e. The van der Waals surface area contributed by atoms with Crippen LogP contribution in [-0.4, -0.2) is 18.5 Å². The maximum atomic E-state index is 13.2. The number of hydrogen-bond acceptors (Lipinski definition) is 2. The van der Waals surface area contributed by atoms with Crippen LogP contribution in [0.15, 0.2) is 12.1 Å². The number of nitrogens with one attached hydrogen (secondary N) is 1. The molecule has 0 heterocycles. The molecule has 1 atom stereocenters. The lowest BCUT2D eigenvalue weighted by Crippen LogP contribution is -2.39. The molecular weight excluding hydrogens is 233 g/mol. The Bertz CT molecular complexity index is 421. The molecule has 1 rings (SSSR count). The standard InChI is InChI=1S/C11H13F3N2O/c1-6(15)11(17)16-5-4-7-2-3-8(12)10(14)9(7)13/h2-3,6H,4-5,15H2,1H3,(H,16,17). The lowest BCUT2D eigenvalue weighted by atomic mass is 10.1. The maximum Gasteiger partial charge on any atom is 0.236 e. The molecule has 0 aliphatic carbocycles. The molecule has 0 saturated heterocycles. The number of halogens is 3. The zero-order valence-electron chi connectivity index (χ0n) is 9.27. The number of hydrogen-bond donors (Lipinski definition) is 2. The van der Waals surface area contributed by atoms with Crippen molar-refractivity contribution in [3.63, 3.8) is 0 Å². The van der Waals surface area contributed by atoms with Crippen molar-refractivity contribution < 1.29 is 18.0 Å². The van der Waals surface area contributed by atoms with E-state index in [1.54, 1.807) is 0 Å². The van der Waals surface area contributed by atoms with Crippen LogP contribution in [0.2, 0.25) is 0 Å². The summed E-state index contributed by atoms with van der Waals surface area (Å²) in [5, 5.41) is 2.45. The highest BCUT2D eigenvalue weighted by Crippen LogP contribution is 2.15. The van der Waals surface area contributed by atoms with Gasteiger partial charge in [0.15, 0.2) is 17.5 Å². The van der Waals surface area contributed by atoms with Crippen LogP contribution >= 0.6 is 0 Å². The Morgan fingerprint density at radius 1 is 1.35 bits per heavy atom. The molecule has 1 aromatic rings. The molecule has 0 aromatic heterocycles. The smallest absolute Gasteiger partial charge is 0.236 e. The van der Waals surface area contributed by atoms with Gasteiger partial charge < -0.3 is 11.1 Å². The van der Waals surface area contributed by atoms with Gasteiger partial charge in [0, 0.05) is 6.54 Å². The molecule has 94 valence electrons. The predicted molar refractivity (Wildman–Crippen MR) is 56.7 cm³/mol. The Labute approximate surface area is 96.8 Å². The van der Waals surface area contributed by atoms with E-state index in [2.05, 4.69) is 5.32 Å². The van der Waals surface area contributed by atoms with Gasteiger partial charge in [0.05, 0.1) is 6.04 Å². The third kappa shape index (κ3) is 3.45. The number of benzene rings is 1. The molecule has 1 amide bonds. The van der Waals surface area contributed by atoms with E-state index in [9.17, 15) is 18.0 Å². The number of rotatable bonds is 4. The van der Waals surface area contributed by atoms with Crippen molar-refractivity contribution in [1.29, 1.82) is 0 Å². The number of amides is 1. The van der Waals surface area contributed by atoms with E-state index in [1.807, 2.05) is 0 Å². The Balaban J connectivity index is 2.59. The van der Waals surface area contributed by atoms with Gasteiger partial charge in [0.25, 0.3) is 0 Å². The molecule has 0 spiro atoms. The lowest BCUT2D eigenvalue weighted by molar-refractivity contribution is -0.121. The molecule has 3 nitrogen and oxygen atoms in total. The summed E-state index contributed by atoms with van der Waals surface area (Å²) in [6.45, 7) is 1.62. The van der Waals surface area contributed by atoms with Gasteiger partial charge in [-0.2, -0.15) is 0 Å². The minimum atomic E-state index is -1.50. The SMILES string of the molecule is CC(N)C(=O)NCCc1ccc(F)c(F)c1F. The fraction of sp³-hybridized carbons (Fsp3) is 0.364. The van der Waals surface area contributed by atoms with Gasteiger partial charge in [0.2, 0.25) is 5.91 Å². The van der Waals surface area contributed by atoms with Crippen LogP contribution in [0.3, 0.4) is 0 Å². The second-order valence-electron chi connectivity index (χ2n) is 3.66. The summed E-state index contributed by atoms with van der Waals surface area (Å²) in [5.41, 5.74) is 5.30. The van der Waals surface area contributed by atoms with Gasteiger partial charge in [-0.1, -0.05) is 6.07 Å². The molecule has 6 heteroatoms. The van der Waals surface area contributed by atoms with Crippen LogP contribution < -0.4 is 11.1 Å². The Kier molecular flexibility index (Phi) is 4.51. The summed E-state index contributed by atoms with van der Waals surface area (Å²) >= 11 is 0. The first-order valence-corrected chi connectivity index (χ1v) is 5.09. The average Bonchev–Trinajstić information content (AvgIpc) is 2.28. The van der Waals surface area contributed by atoms with Gasteiger partial charge in [-0.05, 0) is 25.0 Å². The first-order valence-electron chi connectivity index (χ1n) is 5.09. The highest BCUT2D eigenvalue weighted by Gasteiger charge is 2.13. The zero-order valence-corrected chi connectivity index (χ0v) is 9.27. The quantitative estimate of drug-likeness (QED) is 0.782. The van der Waals surface area contributed by atoms with Crippen LogP contribution in [0, 0.1) is 17.5 Å². The molecule has 0 aliphatic rings. The van der Waals surface area contributed by atoms with Crippen LogP contribution in [0.1, 0.15) is 12.5 Å². The summed E-state index contributed by atoms with van der Waals surface area (Å²) in [5.74, 6) is -4.33. The summed E-state index contributed by atoms with van der Waals surface area (Å²) in [6, 6.07) is 1.33. The van der Waals surface area contributed by atoms with Gasteiger partial charge in [-0.3, -0.25) is 4.79 Å². The molecule has 0 bridgehead atoms. The van der Waals surface area contributed by atoms with Crippen molar-refractivity contribution in [3.8, 4) is 0 Å². The molecule has 0 radical (unpaired) electrons. The normalized spacial score (nSPS) is 12.3. The molecule has 1 unspecified atom stereocenters. The van der Waals surface area contributed by atoms with Crippen molar-refractivity contribution in [2.75, 3.05) is 6.54 Å². The third-order valence-electron chi connectivity index (χ3n) is 2.22. The van der Waals surface area contributed by atoms with E-state index in [0.717, 1.165) is 12.1 Å². The van der Waals surface area contributed by atoms with E-state index in [1.165, 1.54) is 6.92 Å². The van der Waals surface area contributed by atoms with E-state index in [4.69, 9.17) is 5.73 Å². The highest BCUT2D eigenvalue weighted by molar-refractivity contribution is 5.80. The molecule has 0 saturated carbocycles. The highest BCUT2D eigenvalue weighted by atomic mass is 19.2. The summed E-state index contributed by atoms with van der Waals surface area (Å²) in [6.07, 6.45) is 0.0709. The van der Waals surface area contributed by atoms with E-state index in [0.29, 0.717) is 0 Å². The number of carbonyl (C=O) groups excluding carboxylic acids is 1. The average molecular weight is 246 g/mol. The summed E-state index contributed by atoms with van der Waals surface area (Å²) in [7, 11) is 0. The first kappa shape index (κ1) is 13.5. The summed E-state index contributed by atoms with van der Waals surface area (Å²) < 4.78 is 38.7. The molecule has 3 N–H and O–H groups in total.